The summed E-state index contributed by atoms with van der Waals surface area (Å²) < 4.78 is 0. The average Bonchev–Trinajstić information content (AvgIpc) is 2.89. The summed E-state index contributed by atoms with van der Waals surface area (Å²) in [4.78, 5) is 8.81. The zero-order valence-electron chi connectivity index (χ0n) is 9.60. The molecule has 0 fully saturated rings. The van der Waals surface area contributed by atoms with Crippen molar-refractivity contribution in [1.29, 1.82) is 0 Å². The van der Waals surface area contributed by atoms with Crippen LogP contribution in [-0.4, -0.2) is 9.97 Å². The minimum atomic E-state index is 0.390. The van der Waals surface area contributed by atoms with Gasteiger partial charge in [0.15, 0.2) is 0 Å². The molecule has 4 heteroatoms. The van der Waals surface area contributed by atoms with E-state index in [4.69, 9.17) is 0 Å². The Morgan fingerprint density at radius 3 is 3.29 bits per heavy atom. The third-order valence-corrected chi connectivity index (χ3v) is 3.84. The van der Waals surface area contributed by atoms with Crippen LogP contribution >= 0.6 is 11.3 Å². The lowest BCUT2D eigenvalue weighted by molar-refractivity contribution is 0.445. The Morgan fingerprint density at radius 2 is 2.41 bits per heavy atom. The number of aromatic nitrogens is 2. The lowest BCUT2D eigenvalue weighted by Crippen LogP contribution is -2.26. The van der Waals surface area contributed by atoms with Crippen molar-refractivity contribution in [3.8, 4) is 0 Å². The molecule has 0 aliphatic heterocycles. The van der Waals surface area contributed by atoms with E-state index >= 15 is 0 Å². The van der Waals surface area contributed by atoms with E-state index in [1.54, 1.807) is 11.3 Å². The SMILES string of the molecule is c1cnc2c(c1)CCCC2NCc1cscn1. The summed E-state index contributed by atoms with van der Waals surface area (Å²) >= 11 is 1.65. The van der Waals surface area contributed by atoms with Crippen LogP contribution in [0, 0.1) is 0 Å². The first-order valence-corrected chi connectivity index (χ1v) is 6.92. The molecule has 2 heterocycles. The highest BCUT2D eigenvalue weighted by Gasteiger charge is 2.20. The van der Waals surface area contributed by atoms with E-state index in [-0.39, 0.29) is 0 Å². The van der Waals surface area contributed by atoms with Crippen molar-refractivity contribution < 1.29 is 0 Å². The van der Waals surface area contributed by atoms with Crippen LogP contribution in [0.3, 0.4) is 0 Å². The Balaban J connectivity index is 1.72. The number of hydrogen-bond acceptors (Lipinski definition) is 4. The molecule has 2 aromatic heterocycles. The fourth-order valence-corrected chi connectivity index (χ4v) is 2.92. The van der Waals surface area contributed by atoms with Gasteiger partial charge < -0.3 is 5.32 Å². The van der Waals surface area contributed by atoms with Crippen LogP contribution in [0.2, 0.25) is 0 Å². The van der Waals surface area contributed by atoms with E-state index in [1.165, 1.54) is 24.1 Å². The van der Waals surface area contributed by atoms with E-state index < -0.39 is 0 Å². The van der Waals surface area contributed by atoms with Gasteiger partial charge in [-0.25, -0.2) is 4.98 Å². The van der Waals surface area contributed by atoms with E-state index in [2.05, 4.69) is 26.7 Å². The second kappa shape index (κ2) is 4.94. The Bertz CT molecular complexity index is 481. The topological polar surface area (TPSA) is 37.8 Å². The molecule has 0 aromatic carbocycles. The van der Waals surface area contributed by atoms with Crippen molar-refractivity contribution in [3.05, 3.63) is 46.2 Å². The smallest absolute Gasteiger partial charge is 0.0795 e. The van der Waals surface area contributed by atoms with Crippen molar-refractivity contribution in [2.75, 3.05) is 0 Å². The predicted molar refractivity (Wildman–Crippen MR) is 68.9 cm³/mol. The number of nitrogens with one attached hydrogen (secondary N) is 1. The molecule has 1 atom stereocenters. The highest BCUT2D eigenvalue weighted by Crippen LogP contribution is 2.27. The molecular formula is C13H15N3S. The Labute approximate surface area is 105 Å². The van der Waals surface area contributed by atoms with Crippen LogP contribution in [0.1, 0.15) is 35.8 Å². The number of pyridine rings is 1. The molecule has 2 aromatic rings. The van der Waals surface area contributed by atoms with Gasteiger partial charge in [0.2, 0.25) is 0 Å². The molecule has 0 saturated heterocycles. The maximum atomic E-state index is 4.52. The minimum Gasteiger partial charge on any atom is -0.303 e. The van der Waals surface area contributed by atoms with E-state index in [1.807, 2.05) is 17.8 Å². The first kappa shape index (κ1) is 10.9. The lowest BCUT2D eigenvalue weighted by Gasteiger charge is -2.24. The third kappa shape index (κ3) is 2.37. The highest BCUT2D eigenvalue weighted by molar-refractivity contribution is 7.07. The summed E-state index contributed by atoms with van der Waals surface area (Å²) in [6.07, 6.45) is 5.47. The molecule has 1 aliphatic rings. The van der Waals surface area contributed by atoms with Crippen LogP contribution in [-0.2, 0) is 13.0 Å². The molecule has 0 bridgehead atoms. The van der Waals surface area contributed by atoms with Gasteiger partial charge in [0.25, 0.3) is 0 Å². The van der Waals surface area contributed by atoms with Crippen molar-refractivity contribution >= 4 is 11.3 Å². The Morgan fingerprint density at radius 1 is 1.41 bits per heavy atom. The molecule has 3 nitrogen and oxygen atoms in total. The Hall–Kier alpha value is -1.26. The van der Waals surface area contributed by atoms with Gasteiger partial charge >= 0.3 is 0 Å². The van der Waals surface area contributed by atoms with Crippen LogP contribution < -0.4 is 5.32 Å². The minimum absolute atomic E-state index is 0.390. The maximum absolute atomic E-state index is 4.52. The first-order chi connectivity index (χ1) is 8.43. The standard InChI is InChI=1S/C13H15N3S/c1-3-10-4-2-6-14-13(10)12(5-1)15-7-11-8-17-9-16-11/h2,4,6,8-9,12,15H,1,3,5,7H2. The van der Waals surface area contributed by atoms with Gasteiger partial charge in [-0.3, -0.25) is 4.98 Å². The van der Waals surface area contributed by atoms with Crippen molar-refractivity contribution in [2.45, 2.75) is 31.8 Å². The van der Waals surface area contributed by atoms with Gasteiger partial charge in [-0.05, 0) is 30.9 Å². The monoisotopic (exact) mass is 245 g/mol. The van der Waals surface area contributed by atoms with Gasteiger partial charge in [-0.15, -0.1) is 11.3 Å². The van der Waals surface area contributed by atoms with Crippen molar-refractivity contribution in [3.63, 3.8) is 0 Å². The molecule has 0 radical (unpaired) electrons. The zero-order chi connectivity index (χ0) is 11.5. The molecule has 3 rings (SSSR count). The summed E-state index contributed by atoms with van der Waals surface area (Å²) in [5.74, 6) is 0. The van der Waals surface area contributed by atoms with Gasteiger partial charge in [0.05, 0.1) is 22.9 Å². The second-order valence-corrected chi connectivity index (χ2v) is 5.07. The van der Waals surface area contributed by atoms with E-state index in [9.17, 15) is 0 Å². The summed E-state index contributed by atoms with van der Waals surface area (Å²) in [5.41, 5.74) is 5.63. The second-order valence-electron chi connectivity index (χ2n) is 4.35. The lowest BCUT2D eigenvalue weighted by atomic mass is 9.92. The number of aryl methyl sites for hydroxylation is 1. The molecule has 1 N–H and O–H groups in total. The van der Waals surface area contributed by atoms with Gasteiger partial charge in [0, 0.05) is 18.1 Å². The first-order valence-electron chi connectivity index (χ1n) is 5.98. The molecule has 88 valence electrons. The zero-order valence-corrected chi connectivity index (χ0v) is 10.4. The highest BCUT2D eigenvalue weighted by atomic mass is 32.1. The molecule has 17 heavy (non-hydrogen) atoms. The van der Waals surface area contributed by atoms with Gasteiger partial charge in [-0.1, -0.05) is 6.07 Å². The van der Waals surface area contributed by atoms with Gasteiger partial charge in [-0.2, -0.15) is 0 Å². The molecule has 0 spiro atoms. The van der Waals surface area contributed by atoms with E-state index in [0.29, 0.717) is 6.04 Å². The van der Waals surface area contributed by atoms with Crippen LogP contribution in [0.4, 0.5) is 0 Å². The number of thiazole rings is 1. The summed E-state index contributed by atoms with van der Waals surface area (Å²) in [6, 6.07) is 4.61. The average molecular weight is 245 g/mol. The molecule has 1 aliphatic carbocycles. The maximum Gasteiger partial charge on any atom is 0.0795 e. The fraction of sp³-hybridized carbons (Fsp3) is 0.385. The molecular weight excluding hydrogens is 230 g/mol. The Kier molecular flexibility index (Phi) is 3.16. The normalized spacial score (nSPS) is 18.9. The molecule has 0 saturated carbocycles. The van der Waals surface area contributed by atoms with Gasteiger partial charge in [0.1, 0.15) is 0 Å². The predicted octanol–water partition coefficient (Wildman–Crippen LogP) is 2.71. The van der Waals surface area contributed by atoms with Crippen molar-refractivity contribution in [1.82, 2.24) is 15.3 Å². The number of nitrogens with zero attached hydrogens (tertiary/aromatic N) is 2. The quantitative estimate of drug-likeness (QED) is 0.903. The summed E-state index contributed by atoms with van der Waals surface area (Å²) in [6.45, 7) is 0.837. The summed E-state index contributed by atoms with van der Waals surface area (Å²) in [5, 5.41) is 5.65. The van der Waals surface area contributed by atoms with E-state index in [0.717, 1.165) is 18.7 Å². The fourth-order valence-electron chi connectivity index (χ4n) is 2.36. The van der Waals surface area contributed by atoms with Crippen LogP contribution in [0.5, 0.6) is 0 Å². The number of fused-ring (bicyclic) bond motifs is 1. The number of rotatable bonds is 3. The number of hydrogen-bond donors (Lipinski definition) is 1. The third-order valence-electron chi connectivity index (χ3n) is 3.21. The summed E-state index contributed by atoms with van der Waals surface area (Å²) in [7, 11) is 0. The van der Waals surface area contributed by atoms with Crippen LogP contribution in [0.15, 0.2) is 29.2 Å². The molecule has 1 unspecified atom stereocenters. The molecule has 0 amide bonds. The van der Waals surface area contributed by atoms with Crippen molar-refractivity contribution in [2.24, 2.45) is 0 Å². The largest absolute Gasteiger partial charge is 0.303 e. The van der Waals surface area contributed by atoms with Crippen LogP contribution in [0.25, 0.3) is 0 Å².